The van der Waals surface area contributed by atoms with Gasteiger partial charge in [-0.25, -0.2) is 8.57 Å². The summed E-state index contributed by atoms with van der Waals surface area (Å²) in [5, 5.41) is 1.88. The lowest BCUT2D eigenvalue weighted by molar-refractivity contribution is 0.681. The van der Waals surface area contributed by atoms with E-state index in [0.717, 1.165) is 23.3 Å². The summed E-state index contributed by atoms with van der Waals surface area (Å²) < 4.78 is 17.8. The molecule has 0 aliphatic carbocycles. The summed E-state index contributed by atoms with van der Waals surface area (Å²) in [7, 11) is -0.949. The van der Waals surface area contributed by atoms with Crippen LogP contribution < -0.4 is 0 Å². The number of allylic oxidation sites excluding steroid dienone is 1. The first-order valence-electron chi connectivity index (χ1n) is 8.67. The smallest absolute Gasteiger partial charge is 0.0966 e. The number of hydrogen-bond acceptors (Lipinski definition) is 2. The second kappa shape index (κ2) is 8.63. The molecule has 0 amide bonds. The summed E-state index contributed by atoms with van der Waals surface area (Å²) in [5.41, 5.74) is 3.53. The largest absolute Gasteiger partial charge is 0.240 e. The molecule has 1 unspecified atom stereocenters. The van der Waals surface area contributed by atoms with Gasteiger partial charge in [0.15, 0.2) is 0 Å². The van der Waals surface area contributed by atoms with Crippen LogP contribution in [0.2, 0.25) is 0 Å². The quantitative estimate of drug-likeness (QED) is 0.569. The molecule has 1 atom stereocenters. The van der Waals surface area contributed by atoms with Gasteiger partial charge in [-0.15, -0.1) is 0 Å². The molecule has 3 heteroatoms. The molecule has 0 fully saturated rings. The van der Waals surface area contributed by atoms with Crippen LogP contribution in [0.4, 0.5) is 0 Å². The minimum Gasteiger partial charge on any atom is -0.240 e. The third kappa shape index (κ3) is 4.70. The highest BCUT2D eigenvalue weighted by molar-refractivity contribution is 7.96. The molecule has 3 rings (SSSR count). The van der Waals surface area contributed by atoms with Crippen molar-refractivity contribution in [2.24, 2.45) is 4.36 Å². The maximum Gasteiger partial charge on any atom is 0.0966 e. The van der Waals surface area contributed by atoms with Crippen molar-refractivity contribution in [1.29, 1.82) is 0 Å². The van der Waals surface area contributed by atoms with Gasteiger partial charge in [0.2, 0.25) is 0 Å². The number of rotatable bonds is 6. The van der Waals surface area contributed by atoms with Gasteiger partial charge in [-0.05, 0) is 36.1 Å². The first kappa shape index (κ1) is 18.2. The van der Waals surface area contributed by atoms with Crippen molar-refractivity contribution < 1.29 is 4.21 Å². The second-order valence-electron chi connectivity index (χ2n) is 6.17. The van der Waals surface area contributed by atoms with Crippen molar-refractivity contribution in [3.8, 4) is 0 Å². The number of benzene rings is 3. The molecule has 0 saturated heterocycles. The molecule has 132 valence electrons. The van der Waals surface area contributed by atoms with Gasteiger partial charge in [-0.2, -0.15) is 0 Å². The van der Waals surface area contributed by atoms with Crippen LogP contribution in [0.3, 0.4) is 0 Å². The van der Waals surface area contributed by atoms with E-state index in [1.165, 1.54) is 11.1 Å². The molecule has 0 N–H and O–H groups in total. The zero-order valence-corrected chi connectivity index (χ0v) is 15.7. The van der Waals surface area contributed by atoms with Gasteiger partial charge in [0.05, 0.1) is 14.6 Å². The maximum absolute atomic E-state index is 13.5. The molecular weight excluding hydrogens is 338 g/mol. The lowest BCUT2D eigenvalue weighted by Crippen LogP contribution is -2.03. The predicted octanol–water partition coefficient (Wildman–Crippen LogP) is 5.51. The molecule has 0 aromatic heterocycles. The molecule has 26 heavy (non-hydrogen) atoms. The summed E-state index contributed by atoms with van der Waals surface area (Å²) in [5.74, 6) is 0. The van der Waals surface area contributed by atoms with Crippen LogP contribution in [-0.4, -0.2) is 11.3 Å². The Hall–Kier alpha value is -2.65. The van der Waals surface area contributed by atoms with Crippen LogP contribution in [0.25, 0.3) is 0 Å². The fourth-order valence-corrected chi connectivity index (χ4v) is 4.55. The zero-order valence-electron chi connectivity index (χ0n) is 14.9. The SMILES string of the molecule is CN=S(=O)(C=C(Cc1ccccc1)Cc1ccccc1)c1ccccc1. The van der Waals surface area contributed by atoms with Gasteiger partial charge in [0, 0.05) is 12.5 Å². The van der Waals surface area contributed by atoms with Gasteiger partial charge in [0.25, 0.3) is 0 Å². The van der Waals surface area contributed by atoms with E-state index in [4.69, 9.17) is 0 Å². The molecule has 0 radical (unpaired) electrons. The normalized spacial score (nSPS) is 12.8. The van der Waals surface area contributed by atoms with Crippen LogP contribution in [0.1, 0.15) is 11.1 Å². The predicted molar refractivity (Wildman–Crippen MR) is 110 cm³/mol. The lowest BCUT2D eigenvalue weighted by atomic mass is 10.00. The Morgan fingerprint density at radius 1 is 0.769 bits per heavy atom. The van der Waals surface area contributed by atoms with E-state index in [2.05, 4.69) is 28.6 Å². The van der Waals surface area contributed by atoms with E-state index in [0.29, 0.717) is 0 Å². The van der Waals surface area contributed by atoms with Gasteiger partial charge in [-0.1, -0.05) is 84.4 Å². The van der Waals surface area contributed by atoms with Crippen LogP contribution in [0.5, 0.6) is 0 Å². The van der Waals surface area contributed by atoms with Crippen molar-refractivity contribution in [2.45, 2.75) is 17.7 Å². The Bertz CT molecular complexity index is 927. The topological polar surface area (TPSA) is 29.4 Å². The number of nitrogens with zero attached hydrogens (tertiary/aromatic N) is 1. The molecule has 0 bridgehead atoms. The molecular formula is C23H23NOS. The standard InChI is InChI=1S/C23H23NOS/c1-24-26(25,23-15-9-4-10-16-23)19-22(17-20-11-5-2-6-12-20)18-21-13-7-3-8-14-21/h2-16,19H,17-18H2,1H3. The average Bonchev–Trinajstić information content (AvgIpc) is 2.70. The van der Waals surface area contributed by atoms with Gasteiger partial charge in [-0.3, -0.25) is 0 Å². The Morgan fingerprint density at radius 3 is 1.62 bits per heavy atom. The van der Waals surface area contributed by atoms with Crippen molar-refractivity contribution in [3.05, 3.63) is 113 Å². The zero-order chi connectivity index (χ0) is 18.2. The van der Waals surface area contributed by atoms with E-state index in [9.17, 15) is 4.21 Å². The fourth-order valence-electron chi connectivity index (χ4n) is 2.93. The number of hydrogen-bond donors (Lipinski definition) is 0. The van der Waals surface area contributed by atoms with E-state index in [1.54, 1.807) is 7.05 Å². The summed E-state index contributed by atoms with van der Waals surface area (Å²) >= 11 is 0. The highest BCUT2D eigenvalue weighted by atomic mass is 32.2. The lowest BCUT2D eigenvalue weighted by Gasteiger charge is -2.12. The second-order valence-corrected chi connectivity index (χ2v) is 8.37. The molecule has 2 nitrogen and oxygen atoms in total. The van der Waals surface area contributed by atoms with E-state index in [-0.39, 0.29) is 0 Å². The Morgan fingerprint density at radius 2 is 1.19 bits per heavy atom. The van der Waals surface area contributed by atoms with Gasteiger partial charge < -0.3 is 0 Å². The molecule has 0 aliphatic rings. The van der Waals surface area contributed by atoms with E-state index < -0.39 is 9.73 Å². The Kier molecular flexibility index (Phi) is 6.03. The molecule has 0 heterocycles. The van der Waals surface area contributed by atoms with Crippen LogP contribution in [0, 0.1) is 0 Å². The molecule has 3 aromatic carbocycles. The van der Waals surface area contributed by atoms with E-state index >= 15 is 0 Å². The first-order valence-corrected chi connectivity index (χ1v) is 10.2. The molecule has 0 spiro atoms. The fraction of sp³-hybridized carbons (Fsp3) is 0.130. The van der Waals surface area contributed by atoms with Crippen molar-refractivity contribution in [3.63, 3.8) is 0 Å². The van der Waals surface area contributed by atoms with Crippen LogP contribution >= 0.6 is 0 Å². The summed E-state index contributed by atoms with van der Waals surface area (Å²) in [6.45, 7) is 0. The van der Waals surface area contributed by atoms with Gasteiger partial charge in [0.1, 0.15) is 0 Å². The summed E-state index contributed by atoms with van der Waals surface area (Å²) in [6.07, 6.45) is 1.52. The highest BCUT2D eigenvalue weighted by Gasteiger charge is 2.11. The molecule has 3 aromatic rings. The van der Waals surface area contributed by atoms with Gasteiger partial charge >= 0.3 is 0 Å². The molecule has 0 aliphatic heterocycles. The Labute approximate surface area is 156 Å². The third-order valence-corrected chi connectivity index (χ3v) is 6.37. The summed E-state index contributed by atoms with van der Waals surface area (Å²) in [4.78, 5) is 0.751. The van der Waals surface area contributed by atoms with E-state index in [1.807, 2.05) is 72.1 Å². The van der Waals surface area contributed by atoms with Crippen molar-refractivity contribution in [1.82, 2.24) is 0 Å². The highest BCUT2D eigenvalue weighted by Crippen LogP contribution is 2.21. The summed E-state index contributed by atoms with van der Waals surface area (Å²) in [6, 6.07) is 30.1. The minimum absolute atomic E-state index is 0.751. The average molecular weight is 362 g/mol. The third-order valence-electron chi connectivity index (χ3n) is 4.23. The maximum atomic E-state index is 13.5. The molecule has 0 saturated carbocycles. The van der Waals surface area contributed by atoms with Crippen molar-refractivity contribution in [2.75, 3.05) is 7.05 Å². The first-order chi connectivity index (χ1) is 12.7. The minimum atomic E-state index is -2.58. The van der Waals surface area contributed by atoms with Crippen LogP contribution in [-0.2, 0) is 22.6 Å². The monoisotopic (exact) mass is 361 g/mol. The Balaban J connectivity index is 2.01. The van der Waals surface area contributed by atoms with Crippen LogP contribution in [0.15, 0.2) is 111 Å². The van der Waals surface area contributed by atoms with Crippen molar-refractivity contribution >= 4 is 9.73 Å².